The van der Waals surface area contributed by atoms with Crippen molar-refractivity contribution in [2.75, 3.05) is 32.7 Å². The van der Waals surface area contributed by atoms with E-state index in [1.54, 1.807) is 0 Å². The highest BCUT2D eigenvalue weighted by molar-refractivity contribution is 5.27. The molecule has 2 rings (SSSR count). The number of H-pyrrole nitrogens is 1. The van der Waals surface area contributed by atoms with E-state index in [0.717, 1.165) is 38.4 Å². The molecular weight excluding hydrogens is 174 g/mol. The van der Waals surface area contributed by atoms with Crippen LogP contribution in [0.4, 0.5) is 0 Å². The molecule has 3 heteroatoms. The molecule has 1 fully saturated rings. The van der Waals surface area contributed by atoms with Gasteiger partial charge in [0, 0.05) is 32.4 Å². The van der Waals surface area contributed by atoms with E-state index in [2.05, 4.69) is 27.0 Å². The van der Waals surface area contributed by atoms with Gasteiger partial charge in [0.25, 0.3) is 0 Å². The standard InChI is InChI=1S/C11H15N3/c1-3-11(13-5-1)4-2-8-14-9-6-12-7-10-14/h1,3,5,12-13H,6-10H2. The molecule has 1 aromatic heterocycles. The quantitative estimate of drug-likeness (QED) is 0.621. The van der Waals surface area contributed by atoms with Gasteiger partial charge in [0.15, 0.2) is 0 Å². The monoisotopic (exact) mass is 189 g/mol. The van der Waals surface area contributed by atoms with Gasteiger partial charge < -0.3 is 10.3 Å². The molecule has 0 aromatic carbocycles. The summed E-state index contributed by atoms with van der Waals surface area (Å²) in [5.74, 6) is 6.28. The largest absolute Gasteiger partial charge is 0.355 e. The molecule has 2 N–H and O–H groups in total. The number of rotatable bonds is 1. The van der Waals surface area contributed by atoms with Crippen LogP contribution in [0.2, 0.25) is 0 Å². The summed E-state index contributed by atoms with van der Waals surface area (Å²) in [7, 11) is 0. The van der Waals surface area contributed by atoms with Crippen LogP contribution in [0.1, 0.15) is 5.69 Å². The summed E-state index contributed by atoms with van der Waals surface area (Å²) in [6, 6.07) is 3.96. The van der Waals surface area contributed by atoms with Gasteiger partial charge in [-0.15, -0.1) is 0 Å². The van der Waals surface area contributed by atoms with Crippen LogP contribution in [0.15, 0.2) is 18.3 Å². The summed E-state index contributed by atoms with van der Waals surface area (Å²) in [6.07, 6.45) is 1.90. The van der Waals surface area contributed by atoms with Crippen LogP contribution < -0.4 is 5.32 Å². The Hall–Kier alpha value is -1.24. The molecule has 1 aliphatic heterocycles. The lowest BCUT2D eigenvalue weighted by atomic mass is 10.3. The molecule has 0 atom stereocenters. The van der Waals surface area contributed by atoms with E-state index in [0.29, 0.717) is 0 Å². The maximum atomic E-state index is 3.32. The molecule has 2 heterocycles. The molecule has 74 valence electrons. The predicted octanol–water partition coefficient (Wildman–Crippen LogP) is 0.271. The summed E-state index contributed by atoms with van der Waals surface area (Å²) >= 11 is 0. The Morgan fingerprint density at radius 2 is 2.21 bits per heavy atom. The van der Waals surface area contributed by atoms with Crippen LogP contribution in [0.5, 0.6) is 0 Å². The van der Waals surface area contributed by atoms with E-state index in [4.69, 9.17) is 0 Å². The fourth-order valence-corrected chi connectivity index (χ4v) is 1.52. The number of nitrogens with one attached hydrogen (secondary N) is 2. The molecule has 1 aliphatic rings. The lowest BCUT2D eigenvalue weighted by molar-refractivity contribution is 0.268. The second kappa shape index (κ2) is 4.85. The lowest BCUT2D eigenvalue weighted by Crippen LogP contribution is -2.43. The Bertz CT molecular complexity index is 312. The molecule has 0 aliphatic carbocycles. The third-order valence-electron chi connectivity index (χ3n) is 2.33. The van der Waals surface area contributed by atoms with Crippen LogP contribution in [0.25, 0.3) is 0 Å². The Kier molecular flexibility index (Phi) is 3.23. The van der Waals surface area contributed by atoms with Crippen LogP contribution >= 0.6 is 0 Å². The molecule has 0 radical (unpaired) electrons. The molecule has 0 saturated carbocycles. The van der Waals surface area contributed by atoms with Crippen LogP contribution in [-0.4, -0.2) is 42.6 Å². The Balaban J connectivity index is 1.80. The highest BCUT2D eigenvalue weighted by Gasteiger charge is 2.06. The first-order valence-electron chi connectivity index (χ1n) is 5.00. The van der Waals surface area contributed by atoms with Crippen molar-refractivity contribution in [1.82, 2.24) is 15.2 Å². The van der Waals surface area contributed by atoms with Gasteiger partial charge in [-0.05, 0) is 18.1 Å². The molecule has 0 amide bonds. The van der Waals surface area contributed by atoms with Crippen LogP contribution in [-0.2, 0) is 0 Å². The summed E-state index contributed by atoms with van der Waals surface area (Å²) in [5, 5.41) is 3.32. The van der Waals surface area contributed by atoms with E-state index in [1.807, 2.05) is 18.3 Å². The SMILES string of the molecule is C(#Cc1ccc[nH]1)CN1CCNCC1. The predicted molar refractivity (Wildman–Crippen MR) is 57.0 cm³/mol. The zero-order valence-corrected chi connectivity index (χ0v) is 8.21. The number of hydrogen-bond acceptors (Lipinski definition) is 2. The highest BCUT2D eigenvalue weighted by atomic mass is 15.2. The normalized spacial score (nSPS) is 17.4. The second-order valence-electron chi connectivity index (χ2n) is 3.41. The smallest absolute Gasteiger partial charge is 0.0893 e. The number of hydrogen-bond donors (Lipinski definition) is 2. The van der Waals surface area contributed by atoms with Crippen molar-refractivity contribution >= 4 is 0 Å². The first-order valence-corrected chi connectivity index (χ1v) is 5.00. The van der Waals surface area contributed by atoms with Crippen molar-refractivity contribution < 1.29 is 0 Å². The Morgan fingerprint density at radius 3 is 2.93 bits per heavy atom. The highest BCUT2D eigenvalue weighted by Crippen LogP contribution is 1.92. The topological polar surface area (TPSA) is 31.1 Å². The molecule has 0 unspecified atom stereocenters. The second-order valence-corrected chi connectivity index (χ2v) is 3.41. The van der Waals surface area contributed by atoms with Crippen molar-refractivity contribution in [3.05, 3.63) is 24.0 Å². The van der Waals surface area contributed by atoms with Gasteiger partial charge in [0.05, 0.1) is 12.2 Å². The van der Waals surface area contributed by atoms with Crippen molar-refractivity contribution in [2.45, 2.75) is 0 Å². The fraction of sp³-hybridized carbons (Fsp3) is 0.455. The summed E-state index contributed by atoms with van der Waals surface area (Å²) < 4.78 is 0. The summed E-state index contributed by atoms with van der Waals surface area (Å²) in [4.78, 5) is 5.44. The molecule has 1 saturated heterocycles. The number of nitrogens with zero attached hydrogens (tertiary/aromatic N) is 1. The molecule has 0 bridgehead atoms. The van der Waals surface area contributed by atoms with E-state index in [1.165, 1.54) is 0 Å². The summed E-state index contributed by atoms with van der Waals surface area (Å²) in [5.41, 5.74) is 1.00. The first kappa shape index (κ1) is 9.32. The zero-order valence-electron chi connectivity index (χ0n) is 8.21. The van der Waals surface area contributed by atoms with Crippen molar-refractivity contribution in [3.8, 4) is 11.8 Å². The average molecular weight is 189 g/mol. The molecule has 1 aromatic rings. The first-order chi connectivity index (χ1) is 6.95. The van der Waals surface area contributed by atoms with Gasteiger partial charge in [0.1, 0.15) is 0 Å². The zero-order chi connectivity index (χ0) is 9.64. The molecular formula is C11H15N3. The minimum absolute atomic E-state index is 0.876. The fourth-order valence-electron chi connectivity index (χ4n) is 1.52. The molecule has 3 nitrogen and oxygen atoms in total. The Labute approximate surface area is 84.5 Å². The summed E-state index contributed by atoms with van der Waals surface area (Å²) in [6.45, 7) is 5.27. The average Bonchev–Trinajstić information content (AvgIpc) is 2.72. The van der Waals surface area contributed by atoms with Gasteiger partial charge in [-0.1, -0.05) is 5.92 Å². The minimum Gasteiger partial charge on any atom is -0.355 e. The number of piperazine rings is 1. The van der Waals surface area contributed by atoms with Crippen molar-refractivity contribution in [1.29, 1.82) is 0 Å². The van der Waals surface area contributed by atoms with Gasteiger partial charge in [0.2, 0.25) is 0 Å². The maximum absolute atomic E-state index is 3.32. The van der Waals surface area contributed by atoms with E-state index >= 15 is 0 Å². The minimum atomic E-state index is 0.876. The van der Waals surface area contributed by atoms with Gasteiger partial charge in [-0.3, -0.25) is 4.90 Å². The lowest BCUT2D eigenvalue weighted by Gasteiger charge is -2.24. The third kappa shape index (κ3) is 2.63. The third-order valence-corrected chi connectivity index (χ3v) is 2.33. The van der Waals surface area contributed by atoms with Gasteiger partial charge in [-0.25, -0.2) is 0 Å². The van der Waals surface area contributed by atoms with Gasteiger partial charge in [-0.2, -0.15) is 0 Å². The van der Waals surface area contributed by atoms with E-state index in [-0.39, 0.29) is 0 Å². The van der Waals surface area contributed by atoms with Crippen LogP contribution in [0.3, 0.4) is 0 Å². The molecule has 14 heavy (non-hydrogen) atoms. The van der Waals surface area contributed by atoms with E-state index in [9.17, 15) is 0 Å². The number of aromatic amines is 1. The Morgan fingerprint density at radius 1 is 1.36 bits per heavy atom. The van der Waals surface area contributed by atoms with Crippen molar-refractivity contribution in [2.24, 2.45) is 0 Å². The van der Waals surface area contributed by atoms with Crippen molar-refractivity contribution in [3.63, 3.8) is 0 Å². The number of aromatic nitrogens is 1. The van der Waals surface area contributed by atoms with Gasteiger partial charge >= 0.3 is 0 Å². The molecule has 0 spiro atoms. The van der Waals surface area contributed by atoms with E-state index < -0.39 is 0 Å². The maximum Gasteiger partial charge on any atom is 0.0893 e. The van der Waals surface area contributed by atoms with Crippen LogP contribution in [0, 0.1) is 11.8 Å².